The lowest BCUT2D eigenvalue weighted by molar-refractivity contribution is -0.138. The number of nitrogens with one attached hydrogen (secondary N) is 1. The summed E-state index contributed by atoms with van der Waals surface area (Å²) in [7, 11) is 0. The molecular weight excluding hydrogens is 258 g/mol. The fourth-order valence-electron chi connectivity index (χ4n) is 1.95. The first kappa shape index (κ1) is 12.7. The SMILES string of the molecule is CC1(Cc2ccc(Cl)cc2)N[C@H](C(=O)O)CS1. The summed E-state index contributed by atoms with van der Waals surface area (Å²) in [6.45, 7) is 2.04. The molecule has 2 rings (SSSR count). The Bertz CT molecular complexity index is 423. The molecule has 0 radical (unpaired) electrons. The minimum atomic E-state index is -0.780. The number of carboxylic acid groups (broad SMARTS) is 1. The van der Waals surface area contributed by atoms with E-state index in [-0.39, 0.29) is 4.87 Å². The van der Waals surface area contributed by atoms with Crippen LogP contribution in [0, 0.1) is 0 Å². The van der Waals surface area contributed by atoms with Crippen molar-refractivity contribution in [1.29, 1.82) is 0 Å². The van der Waals surface area contributed by atoms with Gasteiger partial charge in [0.05, 0.1) is 4.87 Å². The summed E-state index contributed by atoms with van der Waals surface area (Å²) in [5.74, 6) is -0.170. The van der Waals surface area contributed by atoms with E-state index in [1.54, 1.807) is 11.8 Å². The second-order valence-corrected chi connectivity index (χ2v) is 6.34. The first-order valence-electron chi connectivity index (χ1n) is 5.37. The predicted octanol–water partition coefficient (Wildman–Crippen LogP) is 2.39. The molecule has 17 heavy (non-hydrogen) atoms. The minimum absolute atomic E-state index is 0.211. The molecule has 1 aromatic carbocycles. The molecule has 1 aliphatic rings. The largest absolute Gasteiger partial charge is 0.480 e. The van der Waals surface area contributed by atoms with E-state index in [0.717, 1.165) is 12.0 Å². The summed E-state index contributed by atoms with van der Waals surface area (Å²) in [5, 5.41) is 12.8. The Morgan fingerprint density at radius 3 is 2.76 bits per heavy atom. The molecule has 0 bridgehead atoms. The van der Waals surface area contributed by atoms with E-state index in [1.165, 1.54) is 0 Å². The molecule has 0 spiro atoms. The highest BCUT2D eigenvalue weighted by atomic mass is 35.5. The van der Waals surface area contributed by atoms with Gasteiger partial charge in [-0.2, -0.15) is 0 Å². The van der Waals surface area contributed by atoms with Gasteiger partial charge in [0.15, 0.2) is 0 Å². The van der Waals surface area contributed by atoms with Crippen LogP contribution in [-0.2, 0) is 11.2 Å². The highest BCUT2D eigenvalue weighted by Gasteiger charge is 2.38. The third kappa shape index (κ3) is 3.15. The molecule has 92 valence electrons. The Morgan fingerprint density at radius 1 is 1.59 bits per heavy atom. The van der Waals surface area contributed by atoms with Crippen LogP contribution in [-0.4, -0.2) is 27.7 Å². The summed E-state index contributed by atoms with van der Waals surface area (Å²) < 4.78 is 0. The van der Waals surface area contributed by atoms with E-state index in [0.29, 0.717) is 10.8 Å². The maximum Gasteiger partial charge on any atom is 0.321 e. The smallest absolute Gasteiger partial charge is 0.321 e. The van der Waals surface area contributed by atoms with Gasteiger partial charge in [-0.3, -0.25) is 10.1 Å². The highest BCUT2D eigenvalue weighted by Crippen LogP contribution is 2.33. The first-order valence-corrected chi connectivity index (χ1v) is 6.74. The number of hydrogen-bond donors (Lipinski definition) is 2. The van der Waals surface area contributed by atoms with Crippen molar-refractivity contribution >= 4 is 29.3 Å². The fourth-order valence-corrected chi connectivity index (χ4v) is 3.33. The lowest BCUT2D eigenvalue weighted by atomic mass is 10.1. The Balaban J connectivity index is 2.04. The van der Waals surface area contributed by atoms with E-state index in [2.05, 4.69) is 5.32 Å². The summed E-state index contributed by atoms with van der Waals surface area (Å²) in [5.41, 5.74) is 1.16. The van der Waals surface area contributed by atoms with Crippen LogP contribution in [0.1, 0.15) is 12.5 Å². The second kappa shape index (κ2) is 4.88. The van der Waals surface area contributed by atoms with Crippen molar-refractivity contribution in [3.8, 4) is 0 Å². The molecule has 2 atom stereocenters. The minimum Gasteiger partial charge on any atom is -0.480 e. The molecular formula is C12H14ClNO2S. The Kier molecular flexibility index (Phi) is 3.66. The molecule has 1 aromatic rings. The van der Waals surface area contributed by atoms with Crippen molar-refractivity contribution in [2.75, 3.05) is 5.75 Å². The van der Waals surface area contributed by atoms with Gasteiger partial charge in [0.1, 0.15) is 6.04 Å². The van der Waals surface area contributed by atoms with Crippen LogP contribution in [0.2, 0.25) is 5.02 Å². The van der Waals surface area contributed by atoms with Crippen LogP contribution in [0.4, 0.5) is 0 Å². The van der Waals surface area contributed by atoms with Crippen molar-refractivity contribution in [3.05, 3.63) is 34.9 Å². The maximum absolute atomic E-state index is 10.9. The number of carboxylic acids is 1. The number of halogens is 1. The number of rotatable bonds is 3. The monoisotopic (exact) mass is 271 g/mol. The van der Waals surface area contributed by atoms with Gasteiger partial charge in [-0.05, 0) is 31.0 Å². The highest BCUT2D eigenvalue weighted by molar-refractivity contribution is 8.00. The number of aliphatic carboxylic acids is 1. The molecule has 1 saturated heterocycles. The van der Waals surface area contributed by atoms with E-state index in [4.69, 9.17) is 16.7 Å². The summed E-state index contributed by atoms with van der Waals surface area (Å²) in [6, 6.07) is 7.22. The normalized spacial score (nSPS) is 28.2. The Morgan fingerprint density at radius 2 is 2.24 bits per heavy atom. The van der Waals surface area contributed by atoms with E-state index in [1.807, 2.05) is 31.2 Å². The Hall–Kier alpha value is -0.710. The number of thioether (sulfide) groups is 1. The summed E-state index contributed by atoms with van der Waals surface area (Å²) >= 11 is 7.48. The third-order valence-corrected chi connectivity index (χ3v) is 4.45. The van der Waals surface area contributed by atoms with Crippen molar-refractivity contribution in [2.24, 2.45) is 0 Å². The van der Waals surface area contributed by atoms with Gasteiger partial charge in [0, 0.05) is 10.8 Å². The van der Waals surface area contributed by atoms with Gasteiger partial charge in [0.25, 0.3) is 0 Å². The Labute approximate surface area is 110 Å². The lowest BCUT2D eigenvalue weighted by Gasteiger charge is -2.24. The summed E-state index contributed by atoms with van der Waals surface area (Å²) in [4.78, 5) is 10.7. The zero-order valence-electron chi connectivity index (χ0n) is 9.44. The molecule has 0 aromatic heterocycles. The van der Waals surface area contributed by atoms with Crippen LogP contribution < -0.4 is 5.32 Å². The van der Waals surface area contributed by atoms with Gasteiger partial charge in [-0.25, -0.2) is 0 Å². The molecule has 3 nitrogen and oxygen atoms in total. The quantitative estimate of drug-likeness (QED) is 0.886. The van der Waals surface area contributed by atoms with Gasteiger partial charge < -0.3 is 5.11 Å². The number of hydrogen-bond acceptors (Lipinski definition) is 3. The average Bonchev–Trinajstić information content (AvgIpc) is 2.65. The lowest BCUT2D eigenvalue weighted by Crippen LogP contribution is -2.44. The van der Waals surface area contributed by atoms with Crippen LogP contribution in [0.15, 0.2) is 24.3 Å². The zero-order chi connectivity index (χ0) is 12.5. The molecule has 0 amide bonds. The molecule has 0 saturated carbocycles. The van der Waals surface area contributed by atoms with Crippen molar-refractivity contribution in [3.63, 3.8) is 0 Å². The van der Waals surface area contributed by atoms with Crippen molar-refractivity contribution in [1.82, 2.24) is 5.32 Å². The molecule has 0 aliphatic carbocycles. The van der Waals surface area contributed by atoms with Crippen LogP contribution in [0.25, 0.3) is 0 Å². The second-order valence-electron chi connectivity index (χ2n) is 4.38. The van der Waals surface area contributed by atoms with E-state index in [9.17, 15) is 4.79 Å². The molecule has 2 N–H and O–H groups in total. The molecule has 1 fully saturated rings. The van der Waals surface area contributed by atoms with Crippen molar-refractivity contribution < 1.29 is 9.90 Å². The number of benzene rings is 1. The number of carbonyl (C=O) groups is 1. The fraction of sp³-hybridized carbons (Fsp3) is 0.417. The summed E-state index contributed by atoms with van der Waals surface area (Å²) in [6.07, 6.45) is 0.790. The maximum atomic E-state index is 10.9. The van der Waals surface area contributed by atoms with Gasteiger partial charge in [-0.15, -0.1) is 11.8 Å². The van der Waals surface area contributed by atoms with Crippen LogP contribution in [0.5, 0.6) is 0 Å². The molecule has 5 heteroatoms. The topological polar surface area (TPSA) is 49.3 Å². The van der Waals surface area contributed by atoms with Gasteiger partial charge in [0.2, 0.25) is 0 Å². The van der Waals surface area contributed by atoms with Crippen LogP contribution >= 0.6 is 23.4 Å². The average molecular weight is 272 g/mol. The molecule has 1 heterocycles. The zero-order valence-corrected chi connectivity index (χ0v) is 11.0. The van der Waals surface area contributed by atoms with Crippen LogP contribution in [0.3, 0.4) is 0 Å². The predicted molar refractivity (Wildman–Crippen MR) is 70.6 cm³/mol. The van der Waals surface area contributed by atoms with Gasteiger partial charge >= 0.3 is 5.97 Å². The standard InChI is InChI=1S/C12H14ClNO2S/c1-12(14-10(7-17-12)11(15)16)6-8-2-4-9(13)5-3-8/h2-5,10,14H,6-7H2,1H3,(H,15,16)/t10-,12?/m0/s1. The third-order valence-electron chi connectivity index (χ3n) is 2.80. The van der Waals surface area contributed by atoms with Gasteiger partial charge in [-0.1, -0.05) is 23.7 Å². The molecule has 1 unspecified atom stereocenters. The molecule has 1 aliphatic heterocycles. The van der Waals surface area contributed by atoms with E-state index >= 15 is 0 Å². The van der Waals surface area contributed by atoms with Crippen molar-refractivity contribution in [2.45, 2.75) is 24.3 Å². The van der Waals surface area contributed by atoms with E-state index < -0.39 is 12.0 Å². The first-order chi connectivity index (χ1) is 7.98.